The van der Waals surface area contributed by atoms with E-state index in [0.29, 0.717) is 24.6 Å². The summed E-state index contributed by atoms with van der Waals surface area (Å²) in [6.07, 6.45) is 6.65. The molecule has 7 nitrogen and oxygen atoms in total. The van der Waals surface area contributed by atoms with E-state index in [-0.39, 0.29) is 13.0 Å². The Morgan fingerprint density at radius 2 is 2.19 bits per heavy atom. The fourth-order valence-corrected chi connectivity index (χ4v) is 4.59. The molecule has 1 aliphatic rings. The molecule has 0 amide bonds. The Kier molecular flexibility index (Phi) is 4.98. The zero-order chi connectivity index (χ0) is 21.6. The molecule has 0 unspecified atom stereocenters. The lowest BCUT2D eigenvalue weighted by Gasteiger charge is -2.13. The summed E-state index contributed by atoms with van der Waals surface area (Å²) in [6.45, 7) is 4.66. The molecule has 1 aliphatic heterocycles. The summed E-state index contributed by atoms with van der Waals surface area (Å²) >= 11 is 1.29. The standard InChI is InChI=1S/C21H23F2N7S/c1-3-15-6-14(8-24-15)17-9-25-20-19(26-13(2)10-30(17)20)27-18-7-16(28-31-18)11-29-5-4-21(22,23)12-29/h6-10,24H,3-5,11-12H2,1-2H3,(H,26,27). The van der Waals surface area contributed by atoms with Crippen molar-refractivity contribution in [3.05, 3.63) is 47.8 Å². The van der Waals surface area contributed by atoms with Crippen LogP contribution in [0.4, 0.5) is 19.6 Å². The van der Waals surface area contributed by atoms with Gasteiger partial charge in [-0.1, -0.05) is 6.92 Å². The Morgan fingerprint density at radius 1 is 1.32 bits per heavy atom. The summed E-state index contributed by atoms with van der Waals surface area (Å²) in [7, 11) is 0. The molecule has 5 heterocycles. The van der Waals surface area contributed by atoms with Crippen LogP contribution in [0.3, 0.4) is 0 Å². The van der Waals surface area contributed by atoms with Crippen LogP contribution in [-0.2, 0) is 13.0 Å². The zero-order valence-corrected chi connectivity index (χ0v) is 18.1. The van der Waals surface area contributed by atoms with Crippen LogP contribution in [0.25, 0.3) is 16.9 Å². The topological polar surface area (TPSA) is 74.1 Å². The minimum absolute atomic E-state index is 0.0868. The number of hydrogen-bond acceptors (Lipinski definition) is 6. The molecule has 0 radical (unpaired) electrons. The Hall–Kier alpha value is -2.85. The fourth-order valence-electron chi connectivity index (χ4n) is 3.93. The summed E-state index contributed by atoms with van der Waals surface area (Å²) in [5.74, 6) is -1.95. The number of H-pyrrole nitrogens is 1. The minimum atomic E-state index is -2.59. The van der Waals surface area contributed by atoms with E-state index in [1.165, 1.54) is 17.2 Å². The zero-order valence-electron chi connectivity index (χ0n) is 17.3. The summed E-state index contributed by atoms with van der Waals surface area (Å²) < 4.78 is 33.3. The molecule has 162 valence electrons. The molecule has 1 saturated heterocycles. The number of aryl methyl sites for hydroxylation is 2. The van der Waals surface area contributed by atoms with Gasteiger partial charge in [0.2, 0.25) is 0 Å². The van der Waals surface area contributed by atoms with Gasteiger partial charge in [0.25, 0.3) is 5.92 Å². The number of aromatic nitrogens is 5. The number of anilines is 2. The first-order valence-electron chi connectivity index (χ1n) is 10.3. The van der Waals surface area contributed by atoms with Gasteiger partial charge in [-0.25, -0.2) is 18.7 Å². The third-order valence-corrected chi connectivity index (χ3v) is 6.21. The van der Waals surface area contributed by atoms with Crippen molar-refractivity contribution in [2.24, 2.45) is 0 Å². The number of halogens is 2. The Bertz CT molecular complexity index is 1230. The van der Waals surface area contributed by atoms with E-state index >= 15 is 0 Å². The van der Waals surface area contributed by atoms with Gasteiger partial charge in [-0.15, -0.1) is 0 Å². The van der Waals surface area contributed by atoms with E-state index in [1.54, 1.807) is 4.90 Å². The number of nitrogens with zero attached hydrogens (tertiary/aromatic N) is 5. The molecule has 0 atom stereocenters. The molecule has 0 aliphatic carbocycles. The van der Waals surface area contributed by atoms with Crippen LogP contribution in [0.2, 0.25) is 0 Å². The van der Waals surface area contributed by atoms with Crippen LogP contribution in [0, 0.1) is 6.92 Å². The van der Waals surface area contributed by atoms with E-state index in [4.69, 9.17) is 0 Å². The summed E-state index contributed by atoms with van der Waals surface area (Å²) in [5, 5.41) is 4.12. The third-order valence-electron chi connectivity index (χ3n) is 5.47. The van der Waals surface area contributed by atoms with Gasteiger partial charge in [0, 0.05) is 43.2 Å². The van der Waals surface area contributed by atoms with Crippen molar-refractivity contribution < 1.29 is 8.78 Å². The first-order valence-corrected chi connectivity index (χ1v) is 11.0. The predicted molar refractivity (Wildman–Crippen MR) is 117 cm³/mol. The second-order valence-electron chi connectivity index (χ2n) is 7.96. The van der Waals surface area contributed by atoms with Crippen molar-refractivity contribution in [3.8, 4) is 11.3 Å². The van der Waals surface area contributed by atoms with Crippen molar-refractivity contribution in [1.82, 2.24) is 28.6 Å². The van der Waals surface area contributed by atoms with Crippen molar-refractivity contribution in [1.29, 1.82) is 0 Å². The quantitative estimate of drug-likeness (QED) is 0.454. The lowest BCUT2D eigenvalue weighted by molar-refractivity contribution is 0.0114. The van der Waals surface area contributed by atoms with E-state index in [2.05, 4.69) is 37.6 Å². The number of fused-ring (bicyclic) bond motifs is 1. The average Bonchev–Trinajstić information content (AvgIpc) is 3.49. The van der Waals surface area contributed by atoms with Crippen LogP contribution in [-0.4, -0.2) is 47.6 Å². The maximum Gasteiger partial charge on any atom is 0.261 e. The Balaban J connectivity index is 1.39. The summed E-state index contributed by atoms with van der Waals surface area (Å²) in [6, 6.07) is 4.02. The molecule has 4 aromatic heterocycles. The molecular formula is C21H23F2N7S. The highest BCUT2D eigenvalue weighted by Gasteiger charge is 2.38. The van der Waals surface area contributed by atoms with Gasteiger partial charge in [0.15, 0.2) is 11.5 Å². The number of aromatic amines is 1. The number of imidazole rings is 1. The van der Waals surface area contributed by atoms with Crippen molar-refractivity contribution in [2.45, 2.75) is 39.2 Å². The van der Waals surface area contributed by atoms with Crippen LogP contribution < -0.4 is 5.32 Å². The van der Waals surface area contributed by atoms with Gasteiger partial charge in [0.05, 0.1) is 29.8 Å². The predicted octanol–water partition coefficient (Wildman–Crippen LogP) is 4.64. The molecule has 0 saturated carbocycles. The smallest absolute Gasteiger partial charge is 0.261 e. The first kappa shape index (κ1) is 20.1. The number of hydrogen-bond donors (Lipinski definition) is 2. The molecule has 0 aromatic carbocycles. The molecular weight excluding hydrogens is 420 g/mol. The SMILES string of the molecule is CCc1cc(-c2cnc3c(Nc4cc(CN5CCC(F)(F)C5)ns4)nc(C)cn23)c[nH]1. The lowest BCUT2D eigenvalue weighted by atomic mass is 10.2. The van der Waals surface area contributed by atoms with Gasteiger partial charge < -0.3 is 10.3 Å². The maximum absolute atomic E-state index is 13.4. The Morgan fingerprint density at radius 3 is 2.94 bits per heavy atom. The number of rotatable bonds is 6. The van der Waals surface area contributed by atoms with Crippen molar-refractivity contribution in [2.75, 3.05) is 18.4 Å². The number of nitrogens with one attached hydrogen (secondary N) is 2. The molecule has 0 bridgehead atoms. The second-order valence-corrected chi connectivity index (χ2v) is 8.76. The van der Waals surface area contributed by atoms with E-state index in [0.717, 1.165) is 34.1 Å². The molecule has 0 spiro atoms. The van der Waals surface area contributed by atoms with Crippen LogP contribution in [0.1, 0.15) is 30.4 Å². The first-order chi connectivity index (χ1) is 14.9. The van der Waals surface area contributed by atoms with Gasteiger partial charge in [-0.3, -0.25) is 9.30 Å². The molecule has 31 heavy (non-hydrogen) atoms. The maximum atomic E-state index is 13.4. The van der Waals surface area contributed by atoms with Crippen LogP contribution >= 0.6 is 11.5 Å². The second kappa shape index (κ2) is 7.69. The number of likely N-dealkylation sites (tertiary alicyclic amines) is 1. The van der Waals surface area contributed by atoms with E-state index < -0.39 is 5.92 Å². The van der Waals surface area contributed by atoms with Gasteiger partial charge in [0.1, 0.15) is 5.00 Å². The fraction of sp³-hybridized carbons (Fsp3) is 0.381. The van der Waals surface area contributed by atoms with Crippen molar-refractivity contribution >= 4 is 28.0 Å². The lowest BCUT2D eigenvalue weighted by Crippen LogP contribution is -2.24. The molecule has 5 rings (SSSR count). The number of alkyl halides is 2. The molecule has 2 N–H and O–H groups in total. The highest BCUT2D eigenvalue weighted by molar-refractivity contribution is 7.10. The summed E-state index contributed by atoms with van der Waals surface area (Å²) in [4.78, 5) is 14.2. The largest absolute Gasteiger partial charge is 0.364 e. The molecule has 4 aromatic rings. The van der Waals surface area contributed by atoms with Crippen LogP contribution in [0.15, 0.2) is 30.7 Å². The van der Waals surface area contributed by atoms with Gasteiger partial charge >= 0.3 is 0 Å². The monoisotopic (exact) mass is 443 g/mol. The summed E-state index contributed by atoms with van der Waals surface area (Å²) in [5.41, 5.74) is 5.57. The van der Waals surface area contributed by atoms with Crippen molar-refractivity contribution in [3.63, 3.8) is 0 Å². The van der Waals surface area contributed by atoms with Crippen LogP contribution in [0.5, 0.6) is 0 Å². The third kappa shape index (κ3) is 4.05. The average molecular weight is 444 g/mol. The molecule has 1 fully saturated rings. The minimum Gasteiger partial charge on any atom is -0.364 e. The van der Waals surface area contributed by atoms with Gasteiger partial charge in [-0.05, 0) is 37.0 Å². The normalized spacial score (nSPS) is 16.4. The van der Waals surface area contributed by atoms with E-state index in [9.17, 15) is 8.78 Å². The Labute approximate surface area is 182 Å². The molecule has 10 heteroatoms. The van der Waals surface area contributed by atoms with E-state index in [1.807, 2.05) is 36.0 Å². The highest BCUT2D eigenvalue weighted by Crippen LogP contribution is 2.30. The highest BCUT2D eigenvalue weighted by atomic mass is 32.1. The van der Waals surface area contributed by atoms with Gasteiger partial charge in [-0.2, -0.15) is 4.37 Å².